The molecule has 3 rings (SSSR count). The Balaban J connectivity index is 1.76. The Morgan fingerprint density at radius 1 is 1.18 bits per heavy atom. The van der Waals surface area contributed by atoms with Crippen molar-refractivity contribution in [2.45, 2.75) is 6.18 Å². The van der Waals surface area contributed by atoms with Crippen LogP contribution in [-0.2, 0) is 10.9 Å². The number of carbonyl (C=O) groups is 1. The predicted octanol–water partition coefficient (Wildman–Crippen LogP) is 3.90. The quantitative estimate of drug-likeness (QED) is 0.480. The van der Waals surface area contributed by atoms with E-state index < -0.39 is 17.6 Å². The second-order valence-corrected chi connectivity index (χ2v) is 7.62. The summed E-state index contributed by atoms with van der Waals surface area (Å²) in [5.41, 5.74) is -0.299. The highest BCUT2D eigenvalue weighted by molar-refractivity contribution is 6.31. The van der Waals surface area contributed by atoms with Crippen molar-refractivity contribution in [3.63, 3.8) is 0 Å². The second-order valence-electron chi connectivity index (χ2n) is 7.18. The molecule has 0 aliphatic carbocycles. The Kier molecular flexibility index (Phi) is 8.54. The highest BCUT2D eigenvalue weighted by Gasteiger charge is 2.30. The van der Waals surface area contributed by atoms with Gasteiger partial charge in [0.15, 0.2) is 0 Å². The molecule has 1 aliphatic heterocycles. The van der Waals surface area contributed by atoms with Gasteiger partial charge in [0.05, 0.1) is 38.1 Å². The van der Waals surface area contributed by atoms with Gasteiger partial charge in [-0.1, -0.05) is 11.6 Å². The number of hydrogen-bond acceptors (Lipinski definition) is 5. The molecular formula is C22H24ClF3N4O3. The zero-order valence-corrected chi connectivity index (χ0v) is 18.7. The SMILES string of the molecule is COc1ccc(Cl)cc1NC(=NCCN1CCOCC1)NC(=O)c1ccc(C(F)(F)F)cc1. The predicted molar refractivity (Wildman–Crippen MR) is 120 cm³/mol. The molecule has 0 radical (unpaired) electrons. The molecule has 33 heavy (non-hydrogen) atoms. The van der Waals surface area contributed by atoms with Gasteiger partial charge in [0, 0.05) is 30.2 Å². The first-order valence-corrected chi connectivity index (χ1v) is 10.6. The van der Waals surface area contributed by atoms with E-state index in [1.165, 1.54) is 7.11 Å². The van der Waals surface area contributed by atoms with E-state index in [0.717, 1.165) is 37.4 Å². The summed E-state index contributed by atoms with van der Waals surface area (Å²) in [4.78, 5) is 19.3. The van der Waals surface area contributed by atoms with Crippen LogP contribution in [0, 0.1) is 0 Å². The fraction of sp³-hybridized carbons (Fsp3) is 0.364. The minimum Gasteiger partial charge on any atom is -0.495 e. The van der Waals surface area contributed by atoms with E-state index in [2.05, 4.69) is 20.5 Å². The van der Waals surface area contributed by atoms with Gasteiger partial charge in [0.1, 0.15) is 5.75 Å². The lowest BCUT2D eigenvalue weighted by Crippen LogP contribution is -2.39. The average Bonchev–Trinajstić information content (AvgIpc) is 2.79. The molecule has 0 bridgehead atoms. The topological polar surface area (TPSA) is 75.2 Å². The number of rotatable bonds is 6. The first-order valence-electron chi connectivity index (χ1n) is 10.2. The number of amides is 1. The number of nitrogens with one attached hydrogen (secondary N) is 2. The van der Waals surface area contributed by atoms with E-state index in [1.807, 2.05) is 0 Å². The Labute approximate surface area is 194 Å². The van der Waals surface area contributed by atoms with Crippen LogP contribution in [0.4, 0.5) is 18.9 Å². The maximum absolute atomic E-state index is 12.8. The molecule has 2 aromatic rings. The molecule has 0 unspecified atom stereocenters. The molecule has 0 aromatic heterocycles. The maximum atomic E-state index is 12.8. The Hall–Kier alpha value is -2.82. The number of methoxy groups -OCH3 is 1. The van der Waals surface area contributed by atoms with Crippen molar-refractivity contribution in [2.75, 3.05) is 51.8 Å². The molecule has 1 amide bonds. The van der Waals surface area contributed by atoms with Gasteiger partial charge in [-0.25, -0.2) is 0 Å². The van der Waals surface area contributed by atoms with Crippen LogP contribution in [0.2, 0.25) is 5.02 Å². The van der Waals surface area contributed by atoms with Crippen LogP contribution in [0.15, 0.2) is 47.5 Å². The van der Waals surface area contributed by atoms with Crippen LogP contribution in [0.25, 0.3) is 0 Å². The van der Waals surface area contributed by atoms with E-state index in [4.69, 9.17) is 21.1 Å². The molecule has 0 spiro atoms. The van der Waals surface area contributed by atoms with Gasteiger partial charge in [-0.2, -0.15) is 13.2 Å². The van der Waals surface area contributed by atoms with Gasteiger partial charge in [0.25, 0.3) is 5.91 Å². The minimum atomic E-state index is -4.48. The molecule has 1 fully saturated rings. The zero-order chi connectivity index (χ0) is 23.8. The summed E-state index contributed by atoms with van der Waals surface area (Å²) >= 11 is 6.08. The summed E-state index contributed by atoms with van der Waals surface area (Å²) in [7, 11) is 1.49. The number of ether oxygens (including phenoxy) is 2. The first kappa shape index (κ1) is 24.8. The second kappa shape index (κ2) is 11.4. The third kappa shape index (κ3) is 7.34. The molecule has 2 aromatic carbocycles. The minimum absolute atomic E-state index is 0.0590. The largest absolute Gasteiger partial charge is 0.495 e. The zero-order valence-electron chi connectivity index (χ0n) is 17.9. The number of aliphatic imine (C=N–C) groups is 1. The fourth-order valence-electron chi connectivity index (χ4n) is 3.13. The molecule has 0 saturated carbocycles. The summed E-state index contributed by atoms with van der Waals surface area (Å²) in [6, 6.07) is 8.87. The van der Waals surface area contributed by atoms with Gasteiger partial charge < -0.3 is 14.8 Å². The Morgan fingerprint density at radius 3 is 2.52 bits per heavy atom. The maximum Gasteiger partial charge on any atom is 0.416 e. The van der Waals surface area contributed by atoms with Crippen molar-refractivity contribution in [2.24, 2.45) is 4.99 Å². The fourth-order valence-corrected chi connectivity index (χ4v) is 3.31. The van der Waals surface area contributed by atoms with E-state index in [1.54, 1.807) is 18.2 Å². The third-order valence-corrected chi connectivity index (χ3v) is 5.15. The van der Waals surface area contributed by atoms with E-state index >= 15 is 0 Å². The van der Waals surface area contributed by atoms with Crippen molar-refractivity contribution < 1.29 is 27.4 Å². The molecule has 1 saturated heterocycles. The average molecular weight is 485 g/mol. The lowest BCUT2D eigenvalue weighted by molar-refractivity contribution is -0.137. The van der Waals surface area contributed by atoms with Crippen molar-refractivity contribution in [3.8, 4) is 5.75 Å². The molecular weight excluding hydrogens is 461 g/mol. The Morgan fingerprint density at radius 2 is 1.88 bits per heavy atom. The van der Waals surface area contributed by atoms with E-state index in [-0.39, 0.29) is 11.5 Å². The molecule has 178 valence electrons. The smallest absolute Gasteiger partial charge is 0.416 e. The molecule has 0 atom stereocenters. The molecule has 1 heterocycles. The number of carbonyl (C=O) groups excluding carboxylic acids is 1. The summed E-state index contributed by atoms with van der Waals surface area (Å²) in [5.74, 6) is -0.0138. The van der Waals surface area contributed by atoms with E-state index in [0.29, 0.717) is 42.8 Å². The van der Waals surface area contributed by atoms with Crippen molar-refractivity contribution in [1.29, 1.82) is 0 Å². The Bertz CT molecular complexity index is 978. The number of hydrogen-bond donors (Lipinski definition) is 2. The highest BCUT2D eigenvalue weighted by atomic mass is 35.5. The lowest BCUT2D eigenvalue weighted by Gasteiger charge is -2.25. The van der Waals surface area contributed by atoms with Gasteiger partial charge in [-0.3, -0.25) is 20.0 Å². The lowest BCUT2D eigenvalue weighted by atomic mass is 10.1. The molecule has 2 N–H and O–H groups in total. The van der Waals surface area contributed by atoms with Crippen LogP contribution in [0.5, 0.6) is 5.75 Å². The first-order chi connectivity index (χ1) is 15.8. The van der Waals surface area contributed by atoms with Gasteiger partial charge >= 0.3 is 6.18 Å². The number of alkyl halides is 3. The standard InChI is InChI=1S/C22H24ClF3N4O3/c1-32-19-7-6-17(23)14-18(19)28-21(27-8-9-30-10-12-33-13-11-30)29-20(31)15-2-4-16(5-3-15)22(24,25)26/h2-7,14H,8-13H2,1H3,(H2,27,28,29,31). The van der Waals surface area contributed by atoms with Crippen LogP contribution in [0.1, 0.15) is 15.9 Å². The number of anilines is 1. The number of guanidine groups is 1. The van der Waals surface area contributed by atoms with Crippen molar-refractivity contribution >= 4 is 29.2 Å². The van der Waals surface area contributed by atoms with Crippen molar-refractivity contribution in [3.05, 3.63) is 58.6 Å². The summed E-state index contributed by atoms with van der Waals surface area (Å²) in [6.45, 7) is 3.91. The summed E-state index contributed by atoms with van der Waals surface area (Å²) < 4.78 is 49.1. The number of nitrogens with zero attached hydrogens (tertiary/aromatic N) is 2. The van der Waals surface area contributed by atoms with Crippen LogP contribution in [-0.4, -0.2) is 63.3 Å². The summed E-state index contributed by atoms with van der Waals surface area (Å²) in [6.07, 6.45) is -4.48. The summed E-state index contributed by atoms with van der Waals surface area (Å²) in [5, 5.41) is 6.07. The van der Waals surface area contributed by atoms with Crippen LogP contribution in [0.3, 0.4) is 0 Å². The molecule has 7 nitrogen and oxygen atoms in total. The highest BCUT2D eigenvalue weighted by Crippen LogP contribution is 2.29. The van der Waals surface area contributed by atoms with E-state index in [9.17, 15) is 18.0 Å². The molecule has 1 aliphatic rings. The normalized spacial score (nSPS) is 15.2. The van der Waals surface area contributed by atoms with Gasteiger partial charge in [0.2, 0.25) is 5.96 Å². The monoisotopic (exact) mass is 484 g/mol. The van der Waals surface area contributed by atoms with Crippen LogP contribution >= 0.6 is 11.6 Å². The van der Waals surface area contributed by atoms with Gasteiger partial charge in [-0.15, -0.1) is 0 Å². The third-order valence-electron chi connectivity index (χ3n) is 4.91. The molecule has 11 heteroatoms. The van der Waals surface area contributed by atoms with Crippen LogP contribution < -0.4 is 15.4 Å². The van der Waals surface area contributed by atoms with Gasteiger partial charge in [-0.05, 0) is 42.5 Å². The van der Waals surface area contributed by atoms with Crippen molar-refractivity contribution in [1.82, 2.24) is 10.2 Å². The number of halogens is 4. The number of morpholine rings is 1. The number of benzene rings is 2.